The number of rotatable bonds is 8. The highest BCUT2D eigenvalue weighted by molar-refractivity contribution is 5.72. The molecule has 1 aliphatic rings. The molecule has 186 valence electrons. The molecular weight excluding hydrogens is 450 g/mol. The van der Waals surface area contributed by atoms with E-state index in [1.165, 1.54) is 36.1 Å². The fourth-order valence-electron chi connectivity index (χ4n) is 4.14. The van der Waals surface area contributed by atoms with Crippen molar-refractivity contribution < 1.29 is 33.3 Å². The third-order valence-corrected chi connectivity index (χ3v) is 5.33. The minimum absolute atomic E-state index is 0.0224. The minimum atomic E-state index is -1.06. The van der Waals surface area contributed by atoms with Gasteiger partial charge in [-0.15, -0.1) is 0 Å². The molecule has 0 aromatic carbocycles. The van der Waals surface area contributed by atoms with Crippen molar-refractivity contribution in [1.82, 2.24) is 19.1 Å². The molecule has 1 fully saturated rings. The molecule has 1 saturated heterocycles. The minimum Gasteiger partial charge on any atom is -0.461 e. The first kappa shape index (κ1) is 25.1. The Labute approximate surface area is 195 Å². The summed E-state index contributed by atoms with van der Waals surface area (Å²) in [6.07, 6.45) is -1.74. The summed E-state index contributed by atoms with van der Waals surface area (Å²) in [5.74, 6) is -1.60. The average molecular weight is 479 g/mol. The second-order valence-electron chi connectivity index (χ2n) is 8.13. The number of nitrogens with zero attached hydrogens (tertiary/aromatic N) is 4. The molecule has 0 bridgehead atoms. The van der Waals surface area contributed by atoms with E-state index in [1.54, 1.807) is 6.92 Å². The topological polar surface area (TPSA) is 167 Å². The Morgan fingerprint density at radius 2 is 1.88 bits per heavy atom. The number of imidazole rings is 1. The lowest BCUT2D eigenvalue weighted by Crippen LogP contribution is -2.35. The predicted octanol–water partition coefficient (Wildman–Crippen LogP) is 0.688. The Morgan fingerprint density at radius 3 is 2.47 bits per heavy atom. The van der Waals surface area contributed by atoms with Crippen molar-refractivity contribution in [2.45, 2.75) is 84.6 Å². The zero-order valence-corrected chi connectivity index (χ0v) is 19.7. The van der Waals surface area contributed by atoms with E-state index >= 15 is 0 Å². The Hall–Kier alpha value is -3.48. The second-order valence-corrected chi connectivity index (χ2v) is 8.13. The molecule has 3 rings (SSSR count). The lowest BCUT2D eigenvalue weighted by atomic mass is 10.1. The monoisotopic (exact) mass is 479 g/mol. The Bertz CT molecular complexity index is 1140. The summed E-state index contributed by atoms with van der Waals surface area (Å²) in [5.41, 5.74) is 5.74. The van der Waals surface area contributed by atoms with Gasteiger partial charge in [0.05, 0.1) is 12.7 Å². The standard InChI is InChI=1S/C21H29N5O8/c1-6-15(32-12(4)28)16-7-17(33-13(5)29)19(34-16)26-18-14(8-23-20(22)24-18)25(21(26)30)9-10(2)31-11(3)27/h8,10,15-17,19H,6-7,9H2,1-5H3,(H2,22,23,24)/t10?,15?,16-,17+,19+/m0/s1. The molecule has 34 heavy (non-hydrogen) atoms. The smallest absolute Gasteiger partial charge is 0.332 e. The SMILES string of the molecule is CCC(OC(C)=O)[C@@H]1C[C@@H](OC(C)=O)[C@H](n2c(=O)n(CC(C)OC(C)=O)c3cnc(N)nc32)O1. The molecule has 0 spiro atoms. The molecule has 0 amide bonds. The molecule has 0 saturated carbocycles. The molecule has 2 aromatic heterocycles. The molecule has 2 unspecified atom stereocenters. The Balaban J connectivity index is 2.08. The van der Waals surface area contributed by atoms with Gasteiger partial charge in [-0.25, -0.2) is 14.3 Å². The van der Waals surface area contributed by atoms with E-state index < -0.39 is 54.2 Å². The van der Waals surface area contributed by atoms with Crippen LogP contribution in [0.1, 0.15) is 53.7 Å². The first-order valence-corrected chi connectivity index (χ1v) is 10.9. The summed E-state index contributed by atoms with van der Waals surface area (Å²) in [4.78, 5) is 56.4. The quantitative estimate of drug-likeness (QED) is 0.418. The van der Waals surface area contributed by atoms with E-state index in [2.05, 4.69) is 9.97 Å². The number of anilines is 1. The fraction of sp³-hybridized carbons (Fsp3) is 0.619. The summed E-state index contributed by atoms with van der Waals surface area (Å²) in [6.45, 7) is 7.31. The van der Waals surface area contributed by atoms with Crippen molar-refractivity contribution in [2.24, 2.45) is 0 Å². The van der Waals surface area contributed by atoms with E-state index in [9.17, 15) is 19.2 Å². The van der Waals surface area contributed by atoms with E-state index in [0.29, 0.717) is 11.9 Å². The van der Waals surface area contributed by atoms with Gasteiger partial charge in [0.25, 0.3) is 0 Å². The van der Waals surface area contributed by atoms with Crippen LogP contribution in [0.25, 0.3) is 11.2 Å². The maximum Gasteiger partial charge on any atom is 0.332 e. The number of esters is 3. The number of hydrogen-bond donors (Lipinski definition) is 1. The van der Waals surface area contributed by atoms with Crippen LogP contribution in [0.3, 0.4) is 0 Å². The number of nitrogen functional groups attached to an aromatic ring is 1. The fourth-order valence-corrected chi connectivity index (χ4v) is 4.14. The summed E-state index contributed by atoms with van der Waals surface area (Å²) >= 11 is 0. The number of hydrogen-bond acceptors (Lipinski definition) is 11. The Kier molecular flexibility index (Phi) is 7.54. The van der Waals surface area contributed by atoms with Crippen LogP contribution in [0.2, 0.25) is 0 Å². The van der Waals surface area contributed by atoms with Crippen LogP contribution in [-0.2, 0) is 39.9 Å². The van der Waals surface area contributed by atoms with Gasteiger partial charge in [0.1, 0.15) is 29.9 Å². The zero-order valence-electron chi connectivity index (χ0n) is 19.7. The van der Waals surface area contributed by atoms with Gasteiger partial charge in [-0.05, 0) is 13.3 Å². The molecule has 13 nitrogen and oxygen atoms in total. The van der Waals surface area contributed by atoms with Crippen LogP contribution in [-0.4, -0.2) is 61.4 Å². The van der Waals surface area contributed by atoms with Crippen molar-refractivity contribution in [3.8, 4) is 0 Å². The second kappa shape index (κ2) is 10.2. The maximum absolute atomic E-state index is 13.5. The van der Waals surface area contributed by atoms with Gasteiger partial charge in [-0.1, -0.05) is 6.92 Å². The van der Waals surface area contributed by atoms with E-state index in [-0.39, 0.29) is 24.6 Å². The maximum atomic E-state index is 13.5. The predicted molar refractivity (Wildman–Crippen MR) is 117 cm³/mol. The molecule has 0 aliphatic carbocycles. The summed E-state index contributed by atoms with van der Waals surface area (Å²) in [7, 11) is 0. The number of fused-ring (bicyclic) bond motifs is 1. The number of carbonyl (C=O) groups excluding carboxylic acids is 3. The lowest BCUT2D eigenvalue weighted by molar-refractivity contribution is -0.158. The number of aromatic nitrogens is 4. The van der Waals surface area contributed by atoms with E-state index in [4.69, 9.17) is 24.7 Å². The third-order valence-electron chi connectivity index (χ3n) is 5.33. The molecule has 0 radical (unpaired) electrons. The molecule has 2 aromatic rings. The van der Waals surface area contributed by atoms with Gasteiger partial charge in [0.2, 0.25) is 5.95 Å². The van der Waals surface area contributed by atoms with Gasteiger partial charge in [-0.3, -0.25) is 19.0 Å². The largest absolute Gasteiger partial charge is 0.461 e. The first-order chi connectivity index (χ1) is 16.0. The molecule has 1 aliphatic heterocycles. The highest BCUT2D eigenvalue weighted by Gasteiger charge is 2.44. The molecule has 13 heteroatoms. The molecular formula is C21H29N5O8. The molecule has 3 heterocycles. The van der Waals surface area contributed by atoms with Crippen molar-refractivity contribution in [1.29, 1.82) is 0 Å². The van der Waals surface area contributed by atoms with Crippen molar-refractivity contribution in [3.63, 3.8) is 0 Å². The third kappa shape index (κ3) is 5.35. The van der Waals surface area contributed by atoms with Gasteiger partial charge in [0.15, 0.2) is 11.9 Å². The zero-order chi connectivity index (χ0) is 25.2. The first-order valence-electron chi connectivity index (χ1n) is 10.9. The summed E-state index contributed by atoms with van der Waals surface area (Å²) < 4.78 is 24.7. The van der Waals surface area contributed by atoms with Crippen LogP contribution in [0.4, 0.5) is 5.95 Å². The number of ether oxygens (including phenoxy) is 4. The van der Waals surface area contributed by atoms with Crippen LogP contribution in [0.5, 0.6) is 0 Å². The van der Waals surface area contributed by atoms with Gasteiger partial charge < -0.3 is 24.7 Å². The summed E-state index contributed by atoms with van der Waals surface area (Å²) in [5, 5.41) is 0. The van der Waals surface area contributed by atoms with Crippen LogP contribution >= 0.6 is 0 Å². The van der Waals surface area contributed by atoms with Gasteiger partial charge in [0, 0.05) is 27.2 Å². The van der Waals surface area contributed by atoms with Crippen LogP contribution < -0.4 is 11.4 Å². The van der Waals surface area contributed by atoms with Crippen molar-refractivity contribution in [2.75, 3.05) is 5.73 Å². The van der Waals surface area contributed by atoms with Gasteiger partial charge >= 0.3 is 23.6 Å². The normalized spacial score (nSPS) is 21.7. The van der Waals surface area contributed by atoms with Crippen LogP contribution in [0, 0.1) is 0 Å². The van der Waals surface area contributed by atoms with Crippen molar-refractivity contribution in [3.05, 3.63) is 16.7 Å². The highest BCUT2D eigenvalue weighted by atomic mass is 16.6. The van der Waals surface area contributed by atoms with Crippen LogP contribution in [0.15, 0.2) is 11.0 Å². The van der Waals surface area contributed by atoms with Crippen molar-refractivity contribution >= 4 is 35.0 Å². The number of carbonyl (C=O) groups is 3. The summed E-state index contributed by atoms with van der Waals surface area (Å²) in [6, 6.07) is 0. The Morgan fingerprint density at radius 1 is 1.21 bits per heavy atom. The lowest BCUT2D eigenvalue weighted by Gasteiger charge is -2.22. The average Bonchev–Trinajstić information content (AvgIpc) is 3.23. The molecule has 2 N–H and O–H groups in total. The van der Waals surface area contributed by atoms with E-state index in [1.807, 2.05) is 6.92 Å². The highest BCUT2D eigenvalue weighted by Crippen LogP contribution is 2.35. The molecule has 5 atom stereocenters. The van der Waals surface area contributed by atoms with E-state index in [0.717, 1.165) is 0 Å². The number of nitrogens with two attached hydrogens (primary N) is 1. The van der Waals surface area contributed by atoms with Gasteiger partial charge in [-0.2, -0.15) is 4.98 Å².